The summed E-state index contributed by atoms with van der Waals surface area (Å²) in [6, 6.07) is 4.14. The molecule has 2 aliphatic rings. The Kier molecular flexibility index (Phi) is 5.32. The lowest BCUT2D eigenvalue weighted by atomic mass is 9.99. The van der Waals surface area contributed by atoms with Gasteiger partial charge in [0.2, 0.25) is 15.9 Å². The summed E-state index contributed by atoms with van der Waals surface area (Å²) in [6.45, 7) is 6.02. The zero-order valence-corrected chi connectivity index (χ0v) is 16.3. The lowest BCUT2D eigenvalue weighted by Gasteiger charge is -2.36. The molecule has 1 atom stereocenters. The SMILES string of the molecule is CC1CCN(C(=O)C(C)N(c2ccc3c(c2)OCCO3)S(C)(=O)=O)CC1. The quantitative estimate of drug-likeness (QED) is 0.795. The van der Waals surface area contributed by atoms with Gasteiger partial charge in [0, 0.05) is 19.2 Å². The van der Waals surface area contributed by atoms with E-state index in [1.165, 1.54) is 4.31 Å². The molecular weight excluding hydrogens is 356 g/mol. The first-order valence-electron chi connectivity index (χ1n) is 8.95. The van der Waals surface area contributed by atoms with Crippen molar-refractivity contribution in [3.05, 3.63) is 18.2 Å². The molecule has 0 aliphatic carbocycles. The van der Waals surface area contributed by atoms with Gasteiger partial charge in [0.15, 0.2) is 11.5 Å². The van der Waals surface area contributed by atoms with Crippen LogP contribution in [0.1, 0.15) is 26.7 Å². The van der Waals surface area contributed by atoms with Crippen LogP contribution in [-0.2, 0) is 14.8 Å². The fourth-order valence-electron chi connectivity index (χ4n) is 3.46. The van der Waals surface area contributed by atoms with Gasteiger partial charge < -0.3 is 14.4 Å². The Morgan fingerprint density at radius 1 is 1.19 bits per heavy atom. The first-order chi connectivity index (χ1) is 12.3. The number of fused-ring (bicyclic) bond motifs is 1. The van der Waals surface area contributed by atoms with E-state index in [1.807, 2.05) is 0 Å². The number of benzene rings is 1. The molecule has 0 saturated carbocycles. The Hall–Kier alpha value is -1.96. The number of carbonyl (C=O) groups is 1. The number of ether oxygens (including phenoxy) is 2. The first-order valence-corrected chi connectivity index (χ1v) is 10.8. The fraction of sp³-hybridized carbons (Fsp3) is 0.611. The molecule has 1 amide bonds. The van der Waals surface area contributed by atoms with E-state index in [9.17, 15) is 13.2 Å². The van der Waals surface area contributed by atoms with Gasteiger partial charge in [0.05, 0.1) is 11.9 Å². The predicted molar refractivity (Wildman–Crippen MR) is 99.2 cm³/mol. The summed E-state index contributed by atoms with van der Waals surface area (Å²) in [6.07, 6.45) is 3.01. The maximum atomic E-state index is 12.9. The molecule has 3 rings (SSSR count). The number of carbonyl (C=O) groups excluding carboxylic acids is 1. The molecule has 0 N–H and O–H groups in total. The van der Waals surface area contributed by atoms with Crippen LogP contribution in [-0.4, -0.2) is 57.8 Å². The van der Waals surface area contributed by atoms with Crippen molar-refractivity contribution >= 4 is 21.6 Å². The van der Waals surface area contributed by atoms with E-state index >= 15 is 0 Å². The highest BCUT2D eigenvalue weighted by atomic mass is 32.2. The summed E-state index contributed by atoms with van der Waals surface area (Å²) < 4.78 is 37.1. The maximum Gasteiger partial charge on any atom is 0.246 e. The molecule has 7 nitrogen and oxygen atoms in total. The molecule has 0 radical (unpaired) electrons. The van der Waals surface area contributed by atoms with Crippen LogP contribution in [0.2, 0.25) is 0 Å². The number of likely N-dealkylation sites (tertiary alicyclic amines) is 1. The van der Waals surface area contributed by atoms with Crippen LogP contribution in [0.3, 0.4) is 0 Å². The summed E-state index contributed by atoms with van der Waals surface area (Å²) in [4.78, 5) is 14.7. The Morgan fingerprint density at radius 3 is 2.42 bits per heavy atom. The smallest absolute Gasteiger partial charge is 0.246 e. The molecule has 0 spiro atoms. The van der Waals surface area contributed by atoms with Gasteiger partial charge in [-0.25, -0.2) is 8.42 Å². The first kappa shape index (κ1) is 18.8. The highest BCUT2D eigenvalue weighted by Gasteiger charge is 2.33. The molecule has 8 heteroatoms. The second-order valence-electron chi connectivity index (χ2n) is 7.07. The van der Waals surface area contributed by atoms with Crippen LogP contribution in [0.15, 0.2) is 18.2 Å². The minimum atomic E-state index is -3.65. The van der Waals surface area contributed by atoms with E-state index in [0.717, 1.165) is 19.1 Å². The van der Waals surface area contributed by atoms with Crippen LogP contribution in [0, 0.1) is 5.92 Å². The van der Waals surface area contributed by atoms with E-state index in [0.29, 0.717) is 49.4 Å². The third-order valence-electron chi connectivity index (χ3n) is 4.94. The summed E-state index contributed by atoms with van der Waals surface area (Å²) in [5.74, 6) is 1.50. The van der Waals surface area contributed by atoms with Crippen LogP contribution < -0.4 is 13.8 Å². The Bertz CT molecular complexity index is 772. The molecule has 1 unspecified atom stereocenters. The normalized spacial score (nSPS) is 19.1. The van der Waals surface area contributed by atoms with Gasteiger partial charge in [-0.3, -0.25) is 9.10 Å². The standard InChI is InChI=1S/C18H26N2O5S/c1-13-6-8-19(9-7-13)18(21)14(2)20(26(3,22)23)15-4-5-16-17(12-15)25-11-10-24-16/h4-5,12-14H,6-11H2,1-3H3. The number of amides is 1. The van der Waals surface area contributed by atoms with Gasteiger partial charge in [0.1, 0.15) is 19.3 Å². The molecular formula is C18H26N2O5S. The molecule has 1 aromatic carbocycles. The average molecular weight is 382 g/mol. The van der Waals surface area contributed by atoms with Crippen LogP contribution in [0.5, 0.6) is 11.5 Å². The highest BCUT2D eigenvalue weighted by Crippen LogP contribution is 2.35. The topological polar surface area (TPSA) is 76.2 Å². The monoisotopic (exact) mass is 382 g/mol. The third-order valence-corrected chi connectivity index (χ3v) is 6.18. The minimum absolute atomic E-state index is 0.169. The highest BCUT2D eigenvalue weighted by molar-refractivity contribution is 7.92. The second-order valence-corrected chi connectivity index (χ2v) is 8.93. The number of sulfonamides is 1. The second kappa shape index (κ2) is 7.34. The Labute approximate surface area is 154 Å². The molecule has 2 heterocycles. The zero-order valence-electron chi connectivity index (χ0n) is 15.5. The van der Waals surface area contributed by atoms with Gasteiger partial charge in [-0.15, -0.1) is 0 Å². The van der Waals surface area contributed by atoms with Gasteiger partial charge >= 0.3 is 0 Å². The van der Waals surface area contributed by atoms with Crippen LogP contribution in [0.4, 0.5) is 5.69 Å². The van der Waals surface area contributed by atoms with E-state index in [-0.39, 0.29) is 5.91 Å². The third kappa shape index (κ3) is 3.90. The van der Waals surface area contributed by atoms with Crippen molar-refractivity contribution in [2.45, 2.75) is 32.7 Å². The van der Waals surface area contributed by atoms with Gasteiger partial charge in [-0.1, -0.05) is 6.92 Å². The summed E-state index contributed by atoms with van der Waals surface area (Å²) in [5, 5.41) is 0. The zero-order chi connectivity index (χ0) is 18.9. The maximum absolute atomic E-state index is 12.9. The molecule has 0 bridgehead atoms. The summed E-state index contributed by atoms with van der Waals surface area (Å²) in [5.41, 5.74) is 0.406. The van der Waals surface area contributed by atoms with E-state index in [4.69, 9.17) is 9.47 Å². The van der Waals surface area contributed by atoms with Crippen molar-refractivity contribution in [2.75, 3.05) is 36.9 Å². The van der Waals surface area contributed by atoms with Gasteiger partial charge in [-0.2, -0.15) is 0 Å². The van der Waals surface area contributed by atoms with Crippen molar-refractivity contribution in [2.24, 2.45) is 5.92 Å². The molecule has 26 heavy (non-hydrogen) atoms. The van der Waals surface area contributed by atoms with Crippen molar-refractivity contribution in [1.82, 2.24) is 4.90 Å². The predicted octanol–water partition coefficient (Wildman–Crippen LogP) is 1.87. The lowest BCUT2D eigenvalue weighted by Crippen LogP contribution is -2.51. The van der Waals surface area contributed by atoms with Gasteiger partial charge in [-0.05, 0) is 37.8 Å². The van der Waals surface area contributed by atoms with E-state index in [2.05, 4.69) is 6.92 Å². The van der Waals surface area contributed by atoms with Crippen molar-refractivity contribution in [3.8, 4) is 11.5 Å². The van der Waals surface area contributed by atoms with Crippen molar-refractivity contribution in [1.29, 1.82) is 0 Å². The Balaban J connectivity index is 1.87. The Morgan fingerprint density at radius 2 is 1.81 bits per heavy atom. The van der Waals surface area contributed by atoms with Crippen molar-refractivity contribution < 1.29 is 22.7 Å². The number of hydrogen-bond donors (Lipinski definition) is 0. The molecule has 1 fully saturated rings. The minimum Gasteiger partial charge on any atom is -0.486 e. The lowest BCUT2D eigenvalue weighted by molar-refractivity contribution is -0.133. The molecule has 1 saturated heterocycles. The van der Waals surface area contributed by atoms with Crippen LogP contribution in [0.25, 0.3) is 0 Å². The summed E-state index contributed by atoms with van der Waals surface area (Å²) in [7, 11) is -3.65. The van der Waals surface area contributed by atoms with Crippen molar-refractivity contribution in [3.63, 3.8) is 0 Å². The van der Waals surface area contributed by atoms with E-state index in [1.54, 1.807) is 30.0 Å². The van der Waals surface area contributed by atoms with E-state index < -0.39 is 16.1 Å². The fourth-order valence-corrected chi connectivity index (χ4v) is 4.63. The van der Waals surface area contributed by atoms with Gasteiger partial charge in [0.25, 0.3) is 0 Å². The number of nitrogens with zero attached hydrogens (tertiary/aromatic N) is 2. The molecule has 0 aromatic heterocycles. The number of piperidine rings is 1. The summed E-state index contributed by atoms with van der Waals surface area (Å²) >= 11 is 0. The molecule has 2 aliphatic heterocycles. The number of hydrogen-bond acceptors (Lipinski definition) is 5. The largest absolute Gasteiger partial charge is 0.486 e. The molecule has 144 valence electrons. The average Bonchev–Trinajstić information content (AvgIpc) is 2.60. The molecule has 1 aromatic rings. The number of rotatable bonds is 4. The number of anilines is 1. The van der Waals surface area contributed by atoms with Crippen LogP contribution >= 0.6 is 0 Å².